The van der Waals surface area contributed by atoms with Gasteiger partial charge in [0.05, 0.1) is 6.10 Å². The molecule has 1 aliphatic carbocycles. The smallest absolute Gasteiger partial charge is 0.191 e. The van der Waals surface area contributed by atoms with Crippen LogP contribution in [0, 0.1) is 0 Å². The van der Waals surface area contributed by atoms with Crippen LogP contribution in [0.5, 0.6) is 0 Å². The lowest BCUT2D eigenvalue weighted by atomic mass is 9.98. The van der Waals surface area contributed by atoms with E-state index < -0.39 is 0 Å². The van der Waals surface area contributed by atoms with Crippen molar-refractivity contribution in [3.63, 3.8) is 0 Å². The SMILES string of the molecule is CCNC(=NCCCOC1CCCCC1)NCCCCSC.I. The van der Waals surface area contributed by atoms with Crippen molar-refractivity contribution >= 4 is 41.7 Å². The number of hydrogen-bond donors (Lipinski definition) is 2. The third kappa shape index (κ3) is 13.3. The summed E-state index contributed by atoms with van der Waals surface area (Å²) < 4.78 is 5.94. The first kappa shape index (κ1) is 23.3. The fourth-order valence-electron chi connectivity index (χ4n) is 2.66. The van der Waals surface area contributed by atoms with Crippen molar-refractivity contribution in [1.82, 2.24) is 10.6 Å². The highest BCUT2D eigenvalue weighted by Crippen LogP contribution is 2.20. The monoisotopic (exact) mass is 457 g/mol. The molecule has 0 aromatic rings. The number of hydrogen-bond acceptors (Lipinski definition) is 3. The molecule has 0 saturated heterocycles. The average Bonchev–Trinajstić information content (AvgIpc) is 2.55. The quantitative estimate of drug-likeness (QED) is 0.213. The van der Waals surface area contributed by atoms with E-state index in [1.807, 2.05) is 11.8 Å². The van der Waals surface area contributed by atoms with Crippen LogP contribution in [0.25, 0.3) is 0 Å². The molecule has 2 N–H and O–H groups in total. The number of nitrogens with one attached hydrogen (secondary N) is 2. The first-order chi connectivity index (χ1) is 10.9. The van der Waals surface area contributed by atoms with Crippen molar-refractivity contribution in [3.8, 4) is 0 Å². The molecule has 1 rings (SSSR count). The first-order valence-corrected chi connectivity index (χ1v) is 10.4. The summed E-state index contributed by atoms with van der Waals surface area (Å²) in [5.41, 5.74) is 0. The molecular weight excluding hydrogens is 421 g/mol. The zero-order valence-electron chi connectivity index (χ0n) is 14.9. The van der Waals surface area contributed by atoms with E-state index in [1.54, 1.807) is 0 Å². The highest BCUT2D eigenvalue weighted by Gasteiger charge is 2.12. The van der Waals surface area contributed by atoms with E-state index in [0.29, 0.717) is 6.10 Å². The summed E-state index contributed by atoms with van der Waals surface area (Å²) in [6.07, 6.45) is 12.7. The molecule has 1 aliphatic rings. The number of rotatable bonds is 11. The van der Waals surface area contributed by atoms with Gasteiger partial charge in [-0.2, -0.15) is 11.8 Å². The maximum atomic E-state index is 5.94. The zero-order chi connectivity index (χ0) is 15.9. The van der Waals surface area contributed by atoms with Gasteiger partial charge in [-0.05, 0) is 51.0 Å². The summed E-state index contributed by atoms with van der Waals surface area (Å²) in [7, 11) is 0. The zero-order valence-corrected chi connectivity index (χ0v) is 18.1. The predicted octanol–water partition coefficient (Wildman–Crippen LogP) is 4.04. The number of thioether (sulfide) groups is 1. The Labute approximate surface area is 164 Å². The lowest BCUT2D eigenvalue weighted by Gasteiger charge is -2.21. The van der Waals surface area contributed by atoms with Gasteiger partial charge in [0.25, 0.3) is 0 Å². The Morgan fingerprint density at radius 1 is 1.13 bits per heavy atom. The summed E-state index contributed by atoms with van der Waals surface area (Å²) in [6, 6.07) is 0. The van der Waals surface area contributed by atoms with Gasteiger partial charge in [0.1, 0.15) is 0 Å². The van der Waals surface area contributed by atoms with Gasteiger partial charge in [-0.15, -0.1) is 24.0 Å². The molecule has 0 atom stereocenters. The molecule has 138 valence electrons. The summed E-state index contributed by atoms with van der Waals surface area (Å²) in [5.74, 6) is 2.19. The fourth-order valence-corrected chi connectivity index (χ4v) is 3.15. The van der Waals surface area contributed by atoms with Gasteiger partial charge < -0.3 is 15.4 Å². The molecule has 4 nitrogen and oxygen atoms in total. The second-order valence-electron chi connectivity index (χ2n) is 5.87. The van der Waals surface area contributed by atoms with E-state index >= 15 is 0 Å². The molecule has 0 amide bonds. The Morgan fingerprint density at radius 3 is 2.61 bits per heavy atom. The van der Waals surface area contributed by atoms with Crippen molar-refractivity contribution in [2.45, 2.75) is 64.4 Å². The molecule has 0 heterocycles. The first-order valence-electron chi connectivity index (χ1n) is 8.99. The Morgan fingerprint density at radius 2 is 1.91 bits per heavy atom. The van der Waals surface area contributed by atoms with Gasteiger partial charge >= 0.3 is 0 Å². The van der Waals surface area contributed by atoms with Crippen LogP contribution in [-0.4, -0.2) is 50.3 Å². The molecular formula is C17H36IN3OS. The van der Waals surface area contributed by atoms with Crippen LogP contribution >= 0.6 is 35.7 Å². The molecule has 0 aromatic carbocycles. The maximum Gasteiger partial charge on any atom is 0.191 e. The Bertz CT molecular complexity index is 287. The van der Waals surface area contributed by atoms with Gasteiger partial charge in [-0.25, -0.2) is 0 Å². The van der Waals surface area contributed by atoms with E-state index in [2.05, 4.69) is 28.8 Å². The highest BCUT2D eigenvalue weighted by molar-refractivity contribution is 14.0. The Balaban J connectivity index is 0.00000484. The van der Waals surface area contributed by atoms with Crippen molar-refractivity contribution < 1.29 is 4.74 Å². The van der Waals surface area contributed by atoms with Crippen molar-refractivity contribution in [3.05, 3.63) is 0 Å². The van der Waals surface area contributed by atoms with Gasteiger partial charge in [0.15, 0.2) is 5.96 Å². The molecule has 23 heavy (non-hydrogen) atoms. The van der Waals surface area contributed by atoms with E-state index in [-0.39, 0.29) is 24.0 Å². The summed E-state index contributed by atoms with van der Waals surface area (Å²) in [4.78, 5) is 4.62. The third-order valence-electron chi connectivity index (χ3n) is 3.89. The fraction of sp³-hybridized carbons (Fsp3) is 0.941. The molecule has 1 fully saturated rings. The molecule has 0 unspecified atom stereocenters. The van der Waals surface area contributed by atoms with Crippen LogP contribution in [0.15, 0.2) is 4.99 Å². The van der Waals surface area contributed by atoms with Crippen molar-refractivity contribution in [1.29, 1.82) is 0 Å². The standard InChI is InChI=1S/C17H35N3OS.HI/c1-3-18-17(19-12-7-8-15-22-2)20-13-9-14-21-16-10-5-4-6-11-16;/h16H,3-15H2,1-2H3,(H2,18,19,20);1H. The van der Waals surface area contributed by atoms with Crippen LogP contribution in [0.4, 0.5) is 0 Å². The molecule has 0 aromatic heterocycles. The minimum Gasteiger partial charge on any atom is -0.378 e. The number of aliphatic imine (C=N–C) groups is 1. The normalized spacial score (nSPS) is 16.0. The molecule has 0 radical (unpaired) electrons. The second-order valence-corrected chi connectivity index (χ2v) is 6.86. The molecule has 0 aliphatic heterocycles. The second kappa shape index (κ2) is 17.1. The minimum absolute atomic E-state index is 0. The van der Waals surface area contributed by atoms with E-state index in [4.69, 9.17) is 4.74 Å². The highest BCUT2D eigenvalue weighted by atomic mass is 127. The van der Waals surface area contributed by atoms with Crippen molar-refractivity contribution in [2.24, 2.45) is 4.99 Å². The van der Waals surface area contributed by atoms with Gasteiger partial charge in [-0.3, -0.25) is 4.99 Å². The van der Waals surface area contributed by atoms with E-state index in [1.165, 1.54) is 50.7 Å². The van der Waals surface area contributed by atoms with Crippen LogP contribution in [0.2, 0.25) is 0 Å². The summed E-state index contributed by atoms with van der Waals surface area (Å²) >= 11 is 1.91. The van der Waals surface area contributed by atoms with Crippen molar-refractivity contribution in [2.75, 3.05) is 38.2 Å². The number of guanidine groups is 1. The van der Waals surface area contributed by atoms with Gasteiger partial charge in [0.2, 0.25) is 0 Å². The Hall–Kier alpha value is 0.310. The van der Waals surface area contributed by atoms with Crippen LogP contribution in [-0.2, 0) is 4.74 Å². The largest absolute Gasteiger partial charge is 0.378 e. The van der Waals surface area contributed by atoms with E-state index in [0.717, 1.165) is 38.6 Å². The van der Waals surface area contributed by atoms with Crippen LogP contribution in [0.3, 0.4) is 0 Å². The number of nitrogens with zero attached hydrogens (tertiary/aromatic N) is 1. The van der Waals surface area contributed by atoms with Gasteiger partial charge in [0, 0.05) is 26.2 Å². The summed E-state index contributed by atoms with van der Waals surface area (Å²) in [6.45, 7) is 5.71. The van der Waals surface area contributed by atoms with E-state index in [9.17, 15) is 0 Å². The number of halogens is 1. The number of ether oxygens (including phenoxy) is 1. The molecule has 0 spiro atoms. The average molecular weight is 457 g/mol. The van der Waals surface area contributed by atoms with Crippen LogP contribution < -0.4 is 10.6 Å². The maximum absolute atomic E-state index is 5.94. The lowest BCUT2D eigenvalue weighted by molar-refractivity contribution is 0.0281. The summed E-state index contributed by atoms with van der Waals surface area (Å²) in [5, 5.41) is 6.72. The lowest BCUT2D eigenvalue weighted by Crippen LogP contribution is -2.38. The predicted molar refractivity (Wildman–Crippen MR) is 114 cm³/mol. The minimum atomic E-state index is 0. The molecule has 6 heteroatoms. The Kier molecular flexibility index (Phi) is 17.4. The topological polar surface area (TPSA) is 45.7 Å². The van der Waals surface area contributed by atoms with Crippen LogP contribution in [0.1, 0.15) is 58.3 Å². The third-order valence-corrected chi connectivity index (χ3v) is 4.59. The molecule has 0 bridgehead atoms. The van der Waals surface area contributed by atoms with Gasteiger partial charge in [-0.1, -0.05) is 19.3 Å². The number of unbranched alkanes of at least 4 members (excludes halogenated alkanes) is 1. The molecule has 1 saturated carbocycles.